The van der Waals surface area contributed by atoms with Gasteiger partial charge in [0.1, 0.15) is 0 Å². The molecule has 0 radical (unpaired) electrons. The topological polar surface area (TPSA) is 124 Å². The van der Waals surface area contributed by atoms with E-state index < -0.39 is 27.8 Å². The molecule has 0 atom stereocenters. The third kappa shape index (κ3) is 2.66. The van der Waals surface area contributed by atoms with Gasteiger partial charge in [0, 0.05) is 0 Å². The molecule has 2 amide bonds. The number of nitrogens with two attached hydrogens (primary N) is 1. The normalized spacial score (nSPS) is 13.8. The summed E-state index contributed by atoms with van der Waals surface area (Å²) in [5, 5.41) is 5.33. The zero-order valence-electron chi connectivity index (χ0n) is 12.0. The fraction of sp³-hybridized carbons (Fsp3) is 0. The predicted molar refractivity (Wildman–Crippen MR) is 80.2 cm³/mol. The highest BCUT2D eigenvalue weighted by Crippen LogP contribution is 2.23. The van der Waals surface area contributed by atoms with E-state index in [1.165, 1.54) is 24.3 Å². The van der Waals surface area contributed by atoms with Crippen LogP contribution in [0.4, 0.5) is 0 Å². The molecule has 2 N–H and O–H groups in total. The number of hydroxylamine groups is 2. The minimum Gasteiger partial charge on any atom is -0.324 e. The Bertz CT molecular complexity index is 931. The van der Waals surface area contributed by atoms with Crippen molar-refractivity contribution in [3.63, 3.8) is 0 Å². The van der Waals surface area contributed by atoms with Crippen LogP contribution in [0.5, 0.6) is 0 Å². The first kappa shape index (κ1) is 15.8. The zero-order chi connectivity index (χ0) is 17.5. The Labute approximate surface area is 136 Å². The van der Waals surface area contributed by atoms with Gasteiger partial charge in [-0.05, 0) is 36.4 Å². The van der Waals surface area contributed by atoms with E-state index in [1.54, 1.807) is 12.1 Å². The quantitative estimate of drug-likeness (QED) is 0.816. The predicted octanol–water partition coefficient (Wildman–Crippen LogP) is 0.702. The molecule has 9 heteroatoms. The molecule has 3 rings (SSSR count). The smallest absolute Gasteiger partial charge is 0.324 e. The van der Waals surface area contributed by atoms with Crippen molar-refractivity contribution < 1.29 is 27.6 Å². The minimum absolute atomic E-state index is 0.0426. The summed E-state index contributed by atoms with van der Waals surface area (Å²) in [6, 6.07) is 10.6. The Morgan fingerprint density at radius 2 is 1.42 bits per heavy atom. The summed E-state index contributed by atoms with van der Waals surface area (Å²) in [6.45, 7) is 0. The number of amides is 2. The van der Waals surface area contributed by atoms with E-state index in [1.807, 2.05) is 0 Å². The van der Waals surface area contributed by atoms with Crippen LogP contribution in [0.1, 0.15) is 31.1 Å². The summed E-state index contributed by atoms with van der Waals surface area (Å²) in [7, 11) is -3.89. The lowest BCUT2D eigenvalue weighted by molar-refractivity contribution is -0.0584. The largest absolute Gasteiger partial charge is 0.363 e. The van der Waals surface area contributed by atoms with Gasteiger partial charge in [-0.2, -0.15) is 0 Å². The van der Waals surface area contributed by atoms with Crippen molar-refractivity contribution >= 4 is 27.8 Å². The lowest BCUT2D eigenvalue weighted by Gasteiger charge is -2.12. The highest BCUT2D eigenvalue weighted by Gasteiger charge is 2.38. The number of fused-ring (bicyclic) bond motifs is 1. The number of benzene rings is 2. The third-order valence-corrected chi connectivity index (χ3v) is 4.28. The molecule has 1 aliphatic heterocycles. The molecule has 0 fully saturated rings. The SMILES string of the molecule is NS(=O)(=O)c1ccc(C(=O)ON2C(=O)c3ccccc3C2=O)cc1. The molecule has 0 unspecified atom stereocenters. The van der Waals surface area contributed by atoms with Gasteiger partial charge >= 0.3 is 5.97 Å². The molecule has 0 saturated carbocycles. The van der Waals surface area contributed by atoms with E-state index in [2.05, 4.69) is 0 Å². The standard InChI is InChI=1S/C15H10N2O6S/c16-24(21,22)10-7-5-9(6-8-10)15(20)23-17-13(18)11-3-1-2-4-12(11)14(17)19/h1-8H,(H2,16,21,22). The van der Waals surface area contributed by atoms with E-state index in [0.717, 1.165) is 12.1 Å². The Hall–Kier alpha value is -3.04. The van der Waals surface area contributed by atoms with Gasteiger partial charge in [-0.1, -0.05) is 17.2 Å². The molecule has 2 aromatic carbocycles. The van der Waals surface area contributed by atoms with Crippen LogP contribution in [-0.4, -0.2) is 31.3 Å². The molecule has 1 heterocycles. The molecule has 0 aliphatic carbocycles. The zero-order valence-corrected chi connectivity index (χ0v) is 12.8. The molecule has 1 aliphatic rings. The summed E-state index contributed by atoms with van der Waals surface area (Å²) in [6.07, 6.45) is 0. The van der Waals surface area contributed by atoms with E-state index >= 15 is 0 Å². The van der Waals surface area contributed by atoms with Crippen LogP contribution < -0.4 is 5.14 Å². The van der Waals surface area contributed by atoms with E-state index in [0.29, 0.717) is 5.06 Å². The summed E-state index contributed by atoms with van der Waals surface area (Å²) < 4.78 is 22.3. The van der Waals surface area contributed by atoms with E-state index in [4.69, 9.17) is 9.98 Å². The maximum atomic E-state index is 12.1. The average molecular weight is 346 g/mol. The van der Waals surface area contributed by atoms with Crippen LogP contribution in [0.15, 0.2) is 53.4 Å². The van der Waals surface area contributed by atoms with Crippen molar-refractivity contribution in [1.29, 1.82) is 0 Å². The van der Waals surface area contributed by atoms with Gasteiger partial charge in [-0.15, -0.1) is 0 Å². The first-order valence-electron chi connectivity index (χ1n) is 6.62. The van der Waals surface area contributed by atoms with Gasteiger partial charge in [0.2, 0.25) is 10.0 Å². The molecular formula is C15H10N2O6S. The number of nitrogens with zero attached hydrogens (tertiary/aromatic N) is 1. The summed E-state index contributed by atoms with van der Waals surface area (Å²) >= 11 is 0. The van der Waals surface area contributed by atoms with Crippen LogP contribution in [0.25, 0.3) is 0 Å². The number of hydrogen-bond acceptors (Lipinski definition) is 6. The first-order valence-corrected chi connectivity index (χ1v) is 8.16. The molecule has 2 aromatic rings. The molecule has 122 valence electrons. The maximum absolute atomic E-state index is 12.1. The van der Waals surface area contributed by atoms with Crippen molar-refractivity contribution in [1.82, 2.24) is 5.06 Å². The molecular weight excluding hydrogens is 336 g/mol. The molecule has 0 saturated heterocycles. The second-order valence-corrected chi connectivity index (χ2v) is 6.46. The lowest BCUT2D eigenvalue weighted by Crippen LogP contribution is -2.32. The number of carbonyl (C=O) groups excluding carboxylic acids is 3. The van der Waals surface area contributed by atoms with Crippen molar-refractivity contribution in [2.75, 3.05) is 0 Å². The molecule has 8 nitrogen and oxygen atoms in total. The maximum Gasteiger partial charge on any atom is 0.363 e. The van der Waals surface area contributed by atoms with Crippen LogP contribution in [-0.2, 0) is 14.9 Å². The number of carbonyl (C=O) groups is 3. The number of imide groups is 1. The van der Waals surface area contributed by atoms with Crippen LogP contribution in [0.2, 0.25) is 0 Å². The highest BCUT2D eigenvalue weighted by atomic mass is 32.2. The van der Waals surface area contributed by atoms with Crippen LogP contribution >= 0.6 is 0 Å². The number of sulfonamides is 1. The number of hydrogen-bond donors (Lipinski definition) is 1. The Morgan fingerprint density at radius 3 is 1.88 bits per heavy atom. The van der Waals surface area contributed by atoms with Crippen LogP contribution in [0.3, 0.4) is 0 Å². The first-order chi connectivity index (χ1) is 11.3. The lowest BCUT2D eigenvalue weighted by atomic mass is 10.1. The van der Waals surface area contributed by atoms with E-state index in [9.17, 15) is 22.8 Å². The second-order valence-electron chi connectivity index (χ2n) is 4.90. The van der Waals surface area contributed by atoms with Crippen molar-refractivity contribution in [3.05, 3.63) is 65.2 Å². The van der Waals surface area contributed by atoms with Crippen LogP contribution in [0, 0.1) is 0 Å². The monoisotopic (exact) mass is 346 g/mol. The van der Waals surface area contributed by atoms with E-state index in [-0.39, 0.29) is 21.6 Å². The van der Waals surface area contributed by atoms with Crippen molar-refractivity contribution in [3.8, 4) is 0 Å². The minimum atomic E-state index is -3.89. The van der Waals surface area contributed by atoms with Crippen molar-refractivity contribution in [2.24, 2.45) is 5.14 Å². The van der Waals surface area contributed by atoms with Gasteiger partial charge in [0.25, 0.3) is 11.8 Å². The Morgan fingerprint density at radius 1 is 0.917 bits per heavy atom. The third-order valence-electron chi connectivity index (χ3n) is 3.35. The van der Waals surface area contributed by atoms with Crippen molar-refractivity contribution in [2.45, 2.75) is 4.90 Å². The average Bonchev–Trinajstić information content (AvgIpc) is 2.79. The second kappa shape index (κ2) is 5.55. The number of rotatable bonds is 3. The summed E-state index contributed by atoms with van der Waals surface area (Å²) in [4.78, 5) is 40.9. The summed E-state index contributed by atoms with van der Waals surface area (Å²) in [5.41, 5.74) is 0.235. The fourth-order valence-corrected chi connectivity index (χ4v) is 2.68. The van der Waals surface area contributed by atoms with Gasteiger partial charge in [0.15, 0.2) is 0 Å². The molecule has 0 aromatic heterocycles. The Balaban J connectivity index is 1.81. The number of primary sulfonamides is 1. The van der Waals surface area contributed by atoms with Gasteiger partial charge in [0.05, 0.1) is 21.6 Å². The summed E-state index contributed by atoms with van der Waals surface area (Å²) in [5.74, 6) is -2.47. The molecule has 24 heavy (non-hydrogen) atoms. The molecule has 0 spiro atoms. The Kier molecular flexibility index (Phi) is 3.66. The van der Waals surface area contributed by atoms with Gasteiger partial charge < -0.3 is 4.84 Å². The van der Waals surface area contributed by atoms with Gasteiger partial charge in [-0.3, -0.25) is 9.59 Å². The highest BCUT2D eigenvalue weighted by molar-refractivity contribution is 7.89. The molecule has 0 bridgehead atoms. The fourth-order valence-electron chi connectivity index (χ4n) is 2.17. The van der Waals surface area contributed by atoms with Gasteiger partial charge in [-0.25, -0.2) is 18.4 Å².